The van der Waals surface area contributed by atoms with Gasteiger partial charge in [0.25, 0.3) is 0 Å². The molecule has 1 aromatic heterocycles. The van der Waals surface area contributed by atoms with Crippen LogP contribution in [0.1, 0.15) is 15.9 Å². The maximum absolute atomic E-state index is 13.0. The van der Waals surface area contributed by atoms with Gasteiger partial charge in [0.15, 0.2) is 5.78 Å². The van der Waals surface area contributed by atoms with E-state index in [4.69, 9.17) is 4.98 Å². The zero-order valence-electron chi connectivity index (χ0n) is 17.1. The zero-order chi connectivity index (χ0) is 21.9. The standard InChI is InChI=1S/C28H19BrN2O/c29-24-16-14-21(15-17-24)28-30-25(19-8-3-1-4-9-19)26(31-28)22-12-7-13-23(18-22)27(32)20-10-5-2-6-11-20/h1-18H,(H,30,31). The third-order valence-corrected chi connectivity index (χ3v) is 5.85. The first-order chi connectivity index (χ1) is 15.7. The van der Waals surface area contributed by atoms with Gasteiger partial charge in [-0.25, -0.2) is 4.98 Å². The van der Waals surface area contributed by atoms with Crippen molar-refractivity contribution in [2.45, 2.75) is 0 Å². The minimum atomic E-state index is -0.00243. The summed E-state index contributed by atoms with van der Waals surface area (Å²) in [6, 6.07) is 35.2. The molecule has 0 saturated carbocycles. The number of nitrogens with one attached hydrogen (secondary N) is 1. The number of nitrogens with zero attached hydrogens (tertiary/aromatic N) is 1. The second kappa shape index (κ2) is 8.77. The van der Waals surface area contributed by atoms with E-state index in [2.05, 4.69) is 33.0 Å². The summed E-state index contributed by atoms with van der Waals surface area (Å²) in [6.07, 6.45) is 0. The number of carbonyl (C=O) groups is 1. The molecule has 1 heterocycles. The minimum absolute atomic E-state index is 0.00243. The second-order valence-electron chi connectivity index (χ2n) is 7.46. The van der Waals surface area contributed by atoms with Gasteiger partial charge in [0.05, 0.1) is 11.4 Å². The number of imidazole rings is 1. The lowest BCUT2D eigenvalue weighted by atomic mass is 9.99. The number of aromatic nitrogens is 2. The van der Waals surface area contributed by atoms with Crippen molar-refractivity contribution in [1.82, 2.24) is 9.97 Å². The van der Waals surface area contributed by atoms with Crippen LogP contribution in [0, 0.1) is 0 Å². The Morgan fingerprint density at radius 2 is 1.28 bits per heavy atom. The number of carbonyl (C=O) groups excluding carboxylic acids is 1. The summed E-state index contributed by atoms with van der Waals surface area (Å²) in [5.74, 6) is 0.781. The molecule has 5 aromatic rings. The van der Waals surface area contributed by atoms with E-state index in [0.29, 0.717) is 11.1 Å². The van der Waals surface area contributed by atoms with Crippen LogP contribution in [0.15, 0.2) is 114 Å². The molecular formula is C28H19BrN2O. The Balaban J connectivity index is 1.62. The van der Waals surface area contributed by atoms with Crippen molar-refractivity contribution in [2.75, 3.05) is 0 Å². The van der Waals surface area contributed by atoms with Crippen molar-refractivity contribution in [1.29, 1.82) is 0 Å². The van der Waals surface area contributed by atoms with Gasteiger partial charge < -0.3 is 4.98 Å². The molecule has 4 aromatic carbocycles. The second-order valence-corrected chi connectivity index (χ2v) is 8.37. The Morgan fingerprint density at radius 1 is 0.656 bits per heavy atom. The van der Waals surface area contributed by atoms with Gasteiger partial charge in [-0.05, 0) is 18.2 Å². The van der Waals surface area contributed by atoms with E-state index in [1.807, 2.05) is 97.1 Å². The van der Waals surface area contributed by atoms with Crippen molar-refractivity contribution in [3.05, 3.63) is 125 Å². The van der Waals surface area contributed by atoms with Gasteiger partial charge in [0.1, 0.15) is 5.82 Å². The number of aromatic amines is 1. The van der Waals surface area contributed by atoms with Crippen molar-refractivity contribution in [3.63, 3.8) is 0 Å². The first-order valence-electron chi connectivity index (χ1n) is 10.3. The average Bonchev–Trinajstić information content (AvgIpc) is 3.31. The Labute approximate surface area is 194 Å². The molecule has 1 N–H and O–H groups in total. The van der Waals surface area contributed by atoms with E-state index in [1.54, 1.807) is 0 Å². The Bertz CT molecular complexity index is 1370. The van der Waals surface area contributed by atoms with Gasteiger partial charge >= 0.3 is 0 Å². The molecule has 0 spiro atoms. The lowest BCUT2D eigenvalue weighted by Gasteiger charge is -2.06. The fourth-order valence-electron chi connectivity index (χ4n) is 3.70. The monoisotopic (exact) mass is 478 g/mol. The Kier molecular flexibility index (Phi) is 5.53. The highest BCUT2D eigenvalue weighted by molar-refractivity contribution is 9.10. The quantitative estimate of drug-likeness (QED) is 0.267. The van der Waals surface area contributed by atoms with Gasteiger partial charge in [-0.2, -0.15) is 0 Å². The summed E-state index contributed by atoms with van der Waals surface area (Å²) in [7, 11) is 0. The van der Waals surface area contributed by atoms with E-state index in [0.717, 1.165) is 38.4 Å². The number of benzene rings is 4. The molecule has 32 heavy (non-hydrogen) atoms. The van der Waals surface area contributed by atoms with E-state index < -0.39 is 0 Å². The molecule has 0 atom stereocenters. The highest BCUT2D eigenvalue weighted by atomic mass is 79.9. The van der Waals surface area contributed by atoms with Crippen LogP contribution in [-0.4, -0.2) is 15.8 Å². The first kappa shape index (κ1) is 20.2. The van der Waals surface area contributed by atoms with Gasteiger partial charge in [0.2, 0.25) is 0 Å². The van der Waals surface area contributed by atoms with Gasteiger partial charge in [-0.3, -0.25) is 4.79 Å². The molecule has 0 aliphatic heterocycles. The fraction of sp³-hybridized carbons (Fsp3) is 0. The van der Waals surface area contributed by atoms with Crippen LogP contribution in [0.5, 0.6) is 0 Å². The normalized spacial score (nSPS) is 10.8. The topological polar surface area (TPSA) is 45.8 Å². The van der Waals surface area contributed by atoms with Crippen LogP contribution >= 0.6 is 15.9 Å². The molecule has 0 unspecified atom stereocenters. The SMILES string of the molecule is O=C(c1ccccc1)c1cccc(-c2nc(-c3ccc(Br)cc3)[nH]c2-c2ccccc2)c1. The predicted molar refractivity (Wildman–Crippen MR) is 132 cm³/mol. The lowest BCUT2D eigenvalue weighted by Crippen LogP contribution is -2.01. The molecule has 5 rings (SSSR count). The first-order valence-corrected chi connectivity index (χ1v) is 11.1. The Morgan fingerprint density at radius 3 is 2.00 bits per heavy atom. The number of rotatable bonds is 5. The number of H-pyrrole nitrogens is 1. The van der Waals surface area contributed by atoms with Gasteiger partial charge in [0, 0.05) is 32.3 Å². The number of hydrogen-bond donors (Lipinski definition) is 1. The maximum atomic E-state index is 13.0. The van der Waals surface area contributed by atoms with Crippen LogP contribution < -0.4 is 0 Å². The third-order valence-electron chi connectivity index (χ3n) is 5.32. The van der Waals surface area contributed by atoms with Gasteiger partial charge in [-0.1, -0.05) is 107 Å². The van der Waals surface area contributed by atoms with Crippen molar-refractivity contribution in [3.8, 4) is 33.9 Å². The number of ketones is 1. The highest BCUT2D eigenvalue weighted by Gasteiger charge is 2.17. The van der Waals surface area contributed by atoms with Crippen LogP contribution in [0.3, 0.4) is 0 Å². The fourth-order valence-corrected chi connectivity index (χ4v) is 3.97. The molecule has 0 aliphatic carbocycles. The van der Waals surface area contributed by atoms with Crippen LogP contribution in [0.25, 0.3) is 33.9 Å². The van der Waals surface area contributed by atoms with Crippen LogP contribution in [0.2, 0.25) is 0 Å². The smallest absolute Gasteiger partial charge is 0.193 e. The molecular weight excluding hydrogens is 460 g/mol. The molecule has 0 saturated heterocycles. The summed E-state index contributed by atoms with van der Waals surface area (Å²) in [5.41, 5.74) is 5.98. The van der Waals surface area contributed by atoms with E-state index in [1.165, 1.54) is 0 Å². The molecule has 154 valence electrons. The molecule has 0 amide bonds. The van der Waals surface area contributed by atoms with Crippen LogP contribution in [0.4, 0.5) is 0 Å². The molecule has 0 fully saturated rings. The van der Waals surface area contributed by atoms with E-state index in [9.17, 15) is 4.79 Å². The van der Waals surface area contributed by atoms with Crippen LogP contribution in [-0.2, 0) is 0 Å². The molecule has 3 nitrogen and oxygen atoms in total. The Hall–Kier alpha value is -3.76. The molecule has 0 radical (unpaired) electrons. The van der Waals surface area contributed by atoms with Crippen molar-refractivity contribution in [2.24, 2.45) is 0 Å². The van der Waals surface area contributed by atoms with Crippen molar-refractivity contribution >= 4 is 21.7 Å². The summed E-state index contributed by atoms with van der Waals surface area (Å²) in [5, 5.41) is 0. The largest absolute Gasteiger partial charge is 0.337 e. The van der Waals surface area contributed by atoms with Crippen molar-refractivity contribution < 1.29 is 4.79 Å². The zero-order valence-corrected chi connectivity index (χ0v) is 18.7. The molecule has 0 aliphatic rings. The minimum Gasteiger partial charge on any atom is -0.337 e. The maximum Gasteiger partial charge on any atom is 0.193 e. The number of hydrogen-bond acceptors (Lipinski definition) is 2. The highest BCUT2D eigenvalue weighted by Crippen LogP contribution is 2.34. The predicted octanol–water partition coefficient (Wildman–Crippen LogP) is 7.40. The summed E-state index contributed by atoms with van der Waals surface area (Å²) in [4.78, 5) is 21.5. The average molecular weight is 479 g/mol. The third kappa shape index (κ3) is 4.05. The summed E-state index contributed by atoms with van der Waals surface area (Å²) >= 11 is 3.49. The van der Waals surface area contributed by atoms with E-state index >= 15 is 0 Å². The lowest BCUT2D eigenvalue weighted by molar-refractivity contribution is 0.103. The number of halogens is 1. The van der Waals surface area contributed by atoms with E-state index in [-0.39, 0.29) is 5.78 Å². The molecule has 4 heteroatoms. The molecule has 0 bridgehead atoms. The van der Waals surface area contributed by atoms with Gasteiger partial charge in [-0.15, -0.1) is 0 Å². The summed E-state index contributed by atoms with van der Waals surface area (Å²) < 4.78 is 1.02. The summed E-state index contributed by atoms with van der Waals surface area (Å²) in [6.45, 7) is 0.